The Hall–Kier alpha value is -3.76. The highest BCUT2D eigenvalue weighted by Crippen LogP contribution is 2.30. The molecule has 37 heavy (non-hydrogen) atoms. The number of hydrogen-bond donors (Lipinski definition) is 3. The number of halogens is 1. The van der Waals surface area contributed by atoms with E-state index in [1.54, 1.807) is 12.1 Å². The fraction of sp³-hybridized carbons (Fsp3) is 0.370. The van der Waals surface area contributed by atoms with Crippen LogP contribution < -0.4 is 10.6 Å². The van der Waals surface area contributed by atoms with Crippen LogP contribution in [-0.2, 0) is 14.3 Å². The second-order valence-electron chi connectivity index (χ2n) is 9.33. The number of nitrogens with one attached hydrogen (secondary N) is 2. The summed E-state index contributed by atoms with van der Waals surface area (Å²) < 4.78 is 31.0. The SMILES string of the molecule is CC(c1ccc(-c2ccccc2)c(F)c1)c1cc(NC(=NCOC(C)(C)C)NCCOCC(=O)O)on1. The van der Waals surface area contributed by atoms with Gasteiger partial charge in [0.1, 0.15) is 19.2 Å². The molecule has 1 unspecified atom stereocenters. The molecule has 3 rings (SSSR count). The smallest absolute Gasteiger partial charge is 0.329 e. The van der Waals surface area contributed by atoms with Gasteiger partial charge in [-0.25, -0.2) is 14.2 Å². The molecule has 1 heterocycles. The number of carboxylic acid groups (broad SMARTS) is 1. The number of nitrogens with zero attached hydrogens (tertiary/aromatic N) is 2. The first-order valence-electron chi connectivity index (χ1n) is 11.9. The second-order valence-corrected chi connectivity index (χ2v) is 9.33. The molecule has 0 aliphatic heterocycles. The van der Waals surface area contributed by atoms with Gasteiger partial charge in [-0.15, -0.1) is 0 Å². The summed E-state index contributed by atoms with van der Waals surface area (Å²) in [5, 5.41) is 18.9. The van der Waals surface area contributed by atoms with Gasteiger partial charge in [-0.2, -0.15) is 0 Å². The third kappa shape index (κ3) is 9.00. The molecule has 10 heteroatoms. The maximum Gasteiger partial charge on any atom is 0.329 e. The van der Waals surface area contributed by atoms with Crippen LogP contribution in [0, 0.1) is 5.82 Å². The van der Waals surface area contributed by atoms with Gasteiger partial charge in [0.15, 0.2) is 0 Å². The van der Waals surface area contributed by atoms with Gasteiger partial charge in [-0.1, -0.05) is 54.5 Å². The van der Waals surface area contributed by atoms with E-state index >= 15 is 0 Å². The molecule has 2 aromatic carbocycles. The zero-order chi connectivity index (χ0) is 26.8. The molecule has 3 aromatic rings. The number of aliphatic carboxylic acids is 1. The fourth-order valence-electron chi connectivity index (χ4n) is 3.32. The van der Waals surface area contributed by atoms with Gasteiger partial charge in [0.05, 0.1) is 17.9 Å². The molecule has 0 saturated heterocycles. The predicted octanol–water partition coefficient (Wildman–Crippen LogP) is 4.86. The Morgan fingerprint density at radius 2 is 1.95 bits per heavy atom. The summed E-state index contributed by atoms with van der Waals surface area (Å²) in [6.07, 6.45) is 0. The van der Waals surface area contributed by atoms with Crippen molar-refractivity contribution in [2.75, 3.05) is 31.8 Å². The average molecular weight is 513 g/mol. The Morgan fingerprint density at radius 3 is 2.62 bits per heavy atom. The molecule has 0 amide bonds. The Bertz CT molecular complexity index is 1190. The average Bonchev–Trinajstić information content (AvgIpc) is 3.31. The van der Waals surface area contributed by atoms with Crippen LogP contribution in [0.3, 0.4) is 0 Å². The summed E-state index contributed by atoms with van der Waals surface area (Å²) in [4.78, 5) is 15.0. The van der Waals surface area contributed by atoms with Crippen molar-refractivity contribution in [1.29, 1.82) is 0 Å². The minimum absolute atomic E-state index is 0.0826. The highest BCUT2D eigenvalue weighted by Gasteiger charge is 2.17. The number of guanidine groups is 1. The molecule has 0 spiro atoms. The molecule has 0 aliphatic rings. The maximum absolute atomic E-state index is 14.9. The Kier molecular flexibility index (Phi) is 9.76. The number of aliphatic imine (C=N–C) groups is 1. The lowest BCUT2D eigenvalue weighted by Crippen LogP contribution is -2.34. The fourth-order valence-corrected chi connectivity index (χ4v) is 3.32. The topological polar surface area (TPSA) is 118 Å². The number of anilines is 1. The molecule has 0 radical (unpaired) electrons. The van der Waals surface area contributed by atoms with Crippen LogP contribution in [0.5, 0.6) is 0 Å². The van der Waals surface area contributed by atoms with Crippen molar-refractivity contribution in [2.45, 2.75) is 39.2 Å². The van der Waals surface area contributed by atoms with E-state index in [9.17, 15) is 9.18 Å². The van der Waals surface area contributed by atoms with Crippen LogP contribution in [-0.4, -0.2) is 54.3 Å². The highest BCUT2D eigenvalue weighted by atomic mass is 19.1. The van der Waals surface area contributed by atoms with Crippen LogP contribution in [0.4, 0.5) is 10.3 Å². The van der Waals surface area contributed by atoms with Gasteiger partial charge in [0.25, 0.3) is 0 Å². The third-order valence-corrected chi connectivity index (χ3v) is 5.28. The van der Waals surface area contributed by atoms with Gasteiger partial charge >= 0.3 is 5.97 Å². The van der Waals surface area contributed by atoms with Crippen LogP contribution in [0.15, 0.2) is 64.1 Å². The number of carbonyl (C=O) groups is 1. The summed E-state index contributed by atoms with van der Waals surface area (Å²) in [5.41, 5.74) is 2.35. The van der Waals surface area contributed by atoms with Crippen LogP contribution in [0.25, 0.3) is 11.1 Å². The number of aromatic nitrogens is 1. The standard InChI is InChI=1S/C27H33FN4O5/c1-18(20-10-11-21(22(28)14-20)19-8-6-5-7-9-19)23-15-24(37-32-23)31-26(30-17-36-27(2,3)4)29-12-13-35-16-25(33)34/h5-11,14-15,18H,12-13,16-17H2,1-4H3,(H,33,34)(H2,29,30,31). The first-order chi connectivity index (χ1) is 17.6. The zero-order valence-electron chi connectivity index (χ0n) is 21.5. The van der Waals surface area contributed by atoms with Crippen molar-refractivity contribution >= 4 is 17.8 Å². The van der Waals surface area contributed by atoms with E-state index in [0.29, 0.717) is 29.6 Å². The maximum atomic E-state index is 14.9. The first-order valence-corrected chi connectivity index (χ1v) is 11.9. The van der Waals surface area contributed by atoms with Crippen molar-refractivity contribution in [3.05, 3.63) is 71.7 Å². The summed E-state index contributed by atoms with van der Waals surface area (Å²) >= 11 is 0. The van der Waals surface area contributed by atoms with E-state index in [0.717, 1.165) is 11.1 Å². The minimum atomic E-state index is -1.04. The molecule has 1 aromatic heterocycles. The van der Waals surface area contributed by atoms with E-state index in [4.69, 9.17) is 19.1 Å². The normalized spacial score (nSPS) is 12.8. The highest BCUT2D eigenvalue weighted by molar-refractivity contribution is 5.92. The molecule has 1 atom stereocenters. The van der Waals surface area contributed by atoms with Crippen molar-refractivity contribution in [3.63, 3.8) is 0 Å². The Labute approximate surface area is 215 Å². The molecule has 0 fully saturated rings. The van der Waals surface area contributed by atoms with Crippen LogP contribution in [0.1, 0.15) is 44.9 Å². The summed E-state index contributed by atoms with van der Waals surface area (Å²) in [6.45, 7) is 7.84. The molecular formula is C27H33FN4O5. The summed E-state index contributed by atoms with van der Waals surface area (Å²) in [6, 6.07) is 16.3. The van der Waals surface area contributed by atoms with E-state index in [2.05, 4.69) is 20.8 Å². The molecule has 198 valence electrons. The van der Waals surface area contributed by atoms with Crippen molar-refractivity contribution in [1.82, 2.24) is 10.5 Å². The van der Waals surface area contributed by atoms with Gasteiger partial charge in [-0.05, 0) is 38.0 Å². The van der Waals surface area contributed by atoms with Gasteiger partial charge in [0.2, 0.25) is 11.8 Å². The monoisotopic (exact) mass is 512 g/mol. The molecule has 0 aliphatic carbocycles. The predicted molar refractivity (Wildman–Crippen MR) is 139 cm³/mol. The van der Waals surface area contributed by atoms with Gasteiger partial charge in [-0.3, -0.25) is 5.32 Å². The molecule has 9 nitrogen and oxygen atoms in total. The van der Waals surface area contributed by atoms with Gasteiger partial charge < -0.3 is 24.4 Å². The molecule has 0 bridgehead atoms. The van der Waals surface area contributed by atoms with Crippen molar-refractivity contribution in [3.8, 4) is 11.1 Å². The van der Waals surface area contributed by atoms with Gasteiger partial charge in [0, 0.05) is 24.1 Å². The van der Waals surface area contributed by atoms with Crippen molar-refractivity contribution < 1.29 is 28.3 Å². The quantitative estimate of drug-likeness (QED) is 0.189. The van der Waals surface area contributed by atoms with E-state index in [-0.39, 0.29) is 37.3 Å². The number of ether oxygens (including phenoxy) is 2. The molecular weight excluding hydrogens is 479 g/mol. The first kappa shape index (κ1) is 27.8. The zero-order valence-corrected chi connectivity index (χ0v) is 21.5. The number of benzene rings is 2. The number of rotatable bonds is 11. The summed E-state index contributed by atoms with van der Waals surface area (Å²) in [7, 11) is 0. The largest absolute Gasteiger partial charge is 0.480 e. The lowest BCUT2D eigenvalue weighted by atomic mass is 9.95. The second kappa shape index (κ2) is 13.0. The third-order valence-electron chi connectivity index (χ3n) is 5.28. The lowest BCUT2D eigenvalue weighted by molar-refractivity contribution is -0.142. The number of carboxylic acids is 1. The van der Waals surface area contributed by atoms with E-state index in [1.165, 1.54) is 6.07 Å². The van der Waals surface area contributed by atoms with E-state index < -0.39 is 5.97 Å². The Morgan fingerprint density at radius 1 is 1.19 bits per heavy atom. The van der Waals surface area contributed by atoms with Crippen LogP contribution in [0.2, 0.25) is 0 Å². The van der Waals surface area contributed by atoms with Crippen LogP contribution >= 0.6 is 0 Å². The molecule has 3 N–H and O–H groups in total. The van der Waals surface area contributed by atoms with E-state index in [1.807, 2.05) is 64.1 Å². The molecule has 0 saturated carbocycles. The Balaban J connectivity index is 1.67. The number of hydrogen-bond acceptors (Lipinski definition) is 6. The minimum Gasteiger partial charge on any atom is -0.480 e. The van der Waals surface area contributed by atoms with Crippen molar-refractivity contribution in [2.24, 2.45) is 4.99 Å². The lowest BCUT2D eigenvalue weighted by Gasteiger charge is -2.18. The summed E-state index contributed by atoms with van der Waals surface area (Å²) in [5.74, 6) is -0.891.